The Morgan fingerprint density at radius 3 is 2.61 bits per heavy atom. The van der Waals surface area contributed by atoms with Crippen LogP contribution in [0.4, 0.5) is 0 Å². The molecule has 2 heterocycles. The van der Waals surface area contributed by atoms with Crippen LogP contribution in [0.1, 0.15) is 30.1 Å². The molecule has 1 saturated carbocycles. The van der Waals surface area contributed by atoms with Crippen LogP contribution in [0.2, 0.25) is 5.15 Å². The van der Waals surface area contributed by atoms with Crippen LogP contribution in [0.25, 0.3) is 0 Å². The summed E-state index contributed by atoms with van der Waals surface area (Å²) in [5.41, 5.74) is 0.947. The van der Waals surface area contributed by atoms with Gasteiger partial charge in [-0.1, -0.05) is 23.4 Å². The van der Waals surface area contributed by atoms with E-state index in [4.69, 9.17) is 11.6 Å². The van der Waals surface area contributed by atoms with Crippen LogP contribution in [0.5, 0.6) is 0 Å². The molecule has 0 amide bonds. The average molecular weight is 278 g/mol. The third-order valence-electron chi connectivity index (χ3n) is 2.87. The van der Waals surface area contributed by atoms with E-state index < -0.39 is 0 Å². The van der Waals surface area contributed by atoms with E-state index in [2.05, 4.69) is 15.0 Å². The van der Waals surface area contributed by atoms with Gasteiger partial charge in [-0.15, -0.1) is 0 Å². The van der Waals surface area contributed by atoms with Gasteiger partial charge < -0.3 is 0 Å². The van der Waals surface area contributed by atoms with Crippen molar-refractivity contribution in [3.63, 3.8) is 0 Å². The van der Waals surface area contributed by atoms with Crippen molar-refractivity contribution in [1.29, 1.82) is 0 Å². The molecule has 3 rings (SSSR count). The molecule has 5 heteroatoms. The van der Waals surface area contributed by atoms with Gasteiger partial charge in [-0.3, -0.25) is 4.98 Å². The quantitative estimate of drug-likeness (QED) is 0.799. The Kier molecular flexibility index (Phi) is 3.22. The van der Waals surface area contributed by atoms with Gasteiger partial charge in [-0.25, -0.2) is 9.97 Å². The molecule has 1 aliphatic rings. The summed E-state index contributed by atoms with van der Waals surface area (Å²) in [6.45, 7) is 1.96. The minimum atomic E-state index is 0.514. The van der Waals surface area contributed by atoms with Gasteiger partial charge in [0.25, 0.3) is 0 Å². The molecule has 18 heavy (non-hydrogen) atoms. The molecule has 92 valence electrons. The number of halogens is 1. The van der Waals surface area contributed by atoms with Crippen molar-refractivity contribution in [1.82, 2.24) is 15.0 Å². The summed E-state index contributed by atoms with van der Waals surface area (Å²) in [6, 6.07) is 3.94. The Balaban J connectivity index is 1.95. The third-order valence-corrected chi connectivity index (χ3v) is 4.33. The molecule has 2 aromatic heterocycles. The van der Waals surface area contributed by atoms with Crippen molar-refractivity contribution < 1.29 is 0 Å². The van der Waals surface area contributed by atoms with Crippen molar-refractivity contribution in [3.8, 4) is 0 Å². The Morgan fingerprint density at radius 1 is 1.22 bits per heavy atom. The molecule has 0 unspecified atom stereocenters. The highest BCUT2D eigenvalue weighted by molar-refractivity contribution is 7.99. The molecule has 0 saturated heterocycles. The minimum Gasteiger partial charge on any atom is -0.265 e. The maximum atomic E-state index is 6.18. The zero-order valence-corrected chi connectivity index (χ0v) is 11.5. The molecule has 0 aromatic carbocycles. The second-order valence-electron chi connectivity index (χ2n) is 4.36. The highest BCUT2D eigenvalue weighted by atomic mass is 35.5. The second-order valence-corrected chi connectivity index (χ2v) is 5.78. The van der Waals surface area contributed by atoms with Gasteiger partial charge in [0, 0.05) is 28.8 Å². The lowest BCUT2D eigenvalue weighted by Crippen LogP contribution is -1.98. The summed E-state index contributed by atoms with van der Waals surface area (Å²) >= 11 is 7.79. The van der Waals surface area contributed by atoms with Crippen LogP contribution >= 0.6 is 23.4 Å². The SMILES string of the molecule is Cc1c(Cl)nc(C2CC2)nc1Sc1ccncc1. The van der Waals surface area contributed by atoms with E-state index in [1.165, 1.54) is 12.8 Å². The highest BCUT2D eigenvalue weighted by Gasteiger charge is 2.28. The lowest BCUT2D eigenvalue weighted by atomic mass is 10.3. The largest absolute Gasteiger partial charge is 0.265 e. The Labute approximate surface area is 115 Å². The zero-order chi connectivity index (χ0) is 12.5. The van der Waals surface area contributed by atoms with Gasteiger partial charge in [0.1, 0.15) is 16.0 Å². The van der Waals surface area contributed by atoms with Crippen molar-refractivity contribution in [2.45, 2.75) is 35.6 Å². The van der Waals surface area contributed by atoms with E-state index in [0.717, 1.165) is 21.3 Å². The first-order valence-electron chi connectivity index (χ1n) is 5.86. The normalized spacial score (nSPS) is 14.8. The van der Waals surface area contributed by atoms with E-state index in [0.29, 0.717) is 11.1 Å². The summed E-state index contributed by atoms with van der Waals surface area (Å²) in [6.07, 6.45) is 5.92. The Bertz CT molecular complexity index is 570. The first-order chi connectivity index (χ1) is 8.74. The van der Waals surface area contributed by atoms with E-state index >= 15 is 0 Å². The summed E-state index contributed by atoms with van der Waals surface area (Å²) < 4.78 is 0. The molecule has 0 N–H and O–H groups in total. The first-order valence-corrected chi connectivity index (χ1v) is 7.05. The standard InChI is InChI=1S/C13H12ClN3S/c1-8-11(14)16-12(9-2-3-9)17-13(8)18-10-4-6-15-7-5-10/h4-7,9H,2-3H2,1H3. The zero-order valence-electron chi connectivity index (χ0n) is 9.93. The van der Waals surface area contributed by atoms with E-state index in [9.17, 15) is 0 Å². The molecular weight excluding hydrogens is 266 g/mol. The first kappa shape index (κ1) is 11.9. The van der Waals surface area contributed by atoms with Gasteiger partial charge in [0.2, 0.25) is 0 Å². The lowest BCUT2D eigenvalue weighted by molar-refractivity contribution is 0.862. The van der Waals surface area contributed by atoms with Gasteiger partial charge >= 0.3 is 0 Å². The molecule has 1 fully saturated rings. The fourth-order valence-corrected chi connectivity index (χ4v) is 2.73. The summed E-state index contributed by atoms with van der Waals surface area (Å²) in [7, 11) is 0. The van der Waals surface area contributed by atoms with Crippen LogP contribution < -0.4 is 0 Å². The Hall–Kier alpha value is -1.13. The van der Waals surface area contributed by atoms with E-state index in [1.807, 2.05) is 19.1 Å². The summed E-state index contributed by atoms with van der Waals surface area (Å²) in [4.78, 5) is 14.1. The van der Waals surface area contributed by atoms with E-state index in [1.54, 1.807) is 24.2 Å². The van der Waals surface area contributed by atoms with Crippen molar-refractivity contribution in [2.24, 2.45) is 0 Å². The Morgan fingerprint density at radius 2 is 1.94 bits per heavy atom. The predicted octanol–water partition coefficient (Wildman–Crippen LogP) is 3.86. The van der Waals surface area contributed by atoms with Gasteiger partial charge in [0.05, 0.1) is 0 Å². The van der Waals surface area contributed by atoms with E-state index in [-0.39, 0.29) is 0 Å². The maximum absolute atomic E-state index is 6.18. The smallest absolute Gasteiger partial charge is 0.136 e. The minimum absolute atomic E-state index is 0.514. The van der Waals surface area contributed by atoms with Gasteiger partial charge in [0.15, 0.2) is 0 Å². The monoisotopic (exact) mass is 277 g/mol. The summed E-state index contributed by atoms with van der Waals surface area (Å²) in [5.74, 6) is 1.40. The number of aromatic nitrogens is 3. The van der Waals surface area contributed by atoms with Crippen LogP contribution in [-0.4, -0.2) is 15.0 Å². The second kappa shape index (κ2) is 4.86. The molecule has 0 spiro atoms. The average Bonchev–Trinajstić information content (AvgIpc) is 3.20. The summed E-state index contributed by atoms with van der Waals surface area (Å²) in [5, 5.41) is 1.52. The topological polar surface area (TPSA) is 38.7 Å². The van der Waals surface area contributed by atoms with Crippen LogP contribution in [0.3, 0.4) is 0 Å². The number of pyridine rings is 1. The fraction of sp³-hybridized carbons (Fsp3) is 0.308. The van der Waals surface area contributed by atoms with Crippen molar-refractivity contribution in [2.75, 3.05) is 0 Å². The molecule has 3 nitrogen and oxygen atoms in total. The van der Waals surface area contributed by atoms with Crippen LogP contribution in [0.15, 0.2) is 34.4 Å². The predicted molar refractivity (Wildman–Crippen MR) is 72.1 cm³/mol. The maximum Gasteiger partial charge on any atom is 0.136 e. The molecule has 1 aliphatic carbocycles. The highest BCUT2D eigenvalue weighted by Crippen LogP contribution is 2.40. The third kappa shape index (κ3) is 2.49. The number of hydrogen-bond acceptors (Lipinski definition) is 4. The van der Waals surface area contributed by atoms with Crippen molar-refractivity contribution in [3.05, 3.63) is 41.1 Å². The molecular formula is C13H12ClN3S. The van der Waals surface area contributed by atoms with Gasteiger partial charge in [-0.05, 0) is 31.9 Å². The number of rotatable bonds is 3. The number of hydrogen-bond donors (Lipinski definition) is 0. The molecule has 0 bridgehead atoms. The lowest BCUT2D eigenvalue weighted by Gasteiger charge is -2.08. The van der Waals surface area contributed by atoms with Crippen LogP contribution in [0, 0.1) is 6.92 Å². The number of nitrogens with zero attached hydrogens (tertiary/aromatic N) is 3. The van der Waals surface area contributed by atoms with Crippen LogP contribution in [-0.2, 0) is 0 Å². The molecule has 0 radical (unpaired) electrons. The van der Waals surface area contributed by atoms with Crippen molar-refractivity contribution >= 4 is 23.4 Å². The molecule has 0 aliphatic heterocycles. The molecule has 0 atom stereocenters. The van der Waals surface area contributed by atoms with Gasteiger partial charge in [-0.2, -0.15) is 0 Å². The molecule has 2 aromatic rings. The fourth-order valence-electron chi connectivity index (χ4n) is 1.63.